The highest BCUT2D eigenvalue weighted by Crippen LogP contribution is 2.26. The molecule has 2 heterocycles. The third-order valence-corrected chi connectivity index (χ3v) is 4.42. The Morgan fingerprint density at radius 1 is 1.17 bits per heavy atom. The van der Waals surface area contributed by atoms with Crippen molar-refractivity contribution in [2.75, 3.05) is 6.61 Å². The summed E-state index contributed by atoms with van der Waals surface area (Å²) in [5.41, 5.74) is 1.92. The number of unbranched alkanes of at least 4 members (excludes halogenated alkanes) is 5. The summed E-state index contributed by atoms with van der Waals surface area (Å²) >= 11 is 0. The van der Waals surface area contributed by atoms with Crippen LogP contribution in [0, 0.1) is 0 Å². The van der Waals surface area contributed by atoms with Gasteiger partial charge < -0.3 is 4.74 Å². The Morgan fingerprint density at radius 2 is 2.00 bits per heavy atom. The van der Waals surface area contributed by atoms with Crippen LogP contribution < -0.4 is 10.4 Å². The van der Waals surface area contributed by atoms with Gasteiger partial charge in [0.2, 0.25) is 0 Å². The van der Waals surface area contributed by atoms with Gasteiger partial charge in [-0.25, -0.2) is 14.5 Å². The fourth-order valence-corrected chi connectivity index (χ4v) is 3.13. The Balaban J connectivity index is 1.56. The number of fused-ring (bicyclic) bond motifs is 3. The van der Waals surface area contributed by atoms with E-state index in [0.717, 1.165) is 48.7 Å². The molecule has 0 amide bonds. The number of nitrogens with zero attached hydrogens (tertiary/aromatic N) is 2. The molecule has 0 radical (unpaired) electrons. The largest absolute Gasteiger partial charge is 0.494 e. The number of benzene rings is 1. The molecule has 1 aliphatic heterocycles. The lowest BCUT2D eigenvalue weighted by Gasteiger charge is -2.18. The van der Waals surface area contributed by atoms with Crippen LogP contribution in [0.3, 0.4) is 0 Å². The van der Waals surface area contributed by atoms with Crippen LogP contribution in [0.2, 0.25) is 0 Å². The lowest BCUT2D eigenvalue weighted by molar-refractivity contribution is 0.304. The van der Waals surface area contributed by atoms with Gasteiger partial charge in [-0.15, -0.1) is 0 Å². The first-order valence-corrected chi connectivity index (χ1v) is 8.72. The molecule has 124 valence electrons. The van der Waals surface area contributed by atoms with Crippen molar-refractivity contribution in [2.24, 2.45) is 0 Å². The molecule has 0 saturated carbocycles. The molecule has 3 rings (SSSR count). The molecule has 23 heavy (non-hydrogen) atoms. The molecular formula is C18H25N3O2. The average Bonchev–Trinajstić information content (AvgIpc) is 2.95. The van der Waals surface area contributed by atoms with Crippen LogP contribution in [0.4, 0.5) is 0 Å². The first-order valence-electron chi connectivity index (χ1n) is 8.72. The van der Waals surface area contributed by atoms with Gasteiger partial charge in [-0.1, -0.05) is 39.0 Å². The lowest BCUT2D eigenvalue weighted by atomic mass is 10.0. The predicted molar refractivity (Wildman–Crippen MR) is 90.5 cm³/mol. The second-order valence-corrected chi connectivity index (χ2v) is 6.19. The highest BCUT2D eigenvalue weighted by atomic mass is 16.5. The Kier molecular flexibility index (Phi) is 5.16. The van der Waals surface area contributed by atoms with Crippen LogP contribution in [0.15, 0.2) is 23.0 Å². The van der Waals surface area contributed by atoms with Crippen molar-refractivity contribution in [3.05, 3.63) is 40.1 Å². The lowest BCUT2D eigenvalue weighted by Crippen LogP contribution is -2.22. The van der Waals surface area contributed by atoms with Crippen LogP contribution >= 0.6 is 0 Å². The van der Waals surface area contributed by atoms with Crippen molar-refractivity contribution in [1.29, 1.82) is 0 Å². The van der Waals surface area contributed by atoms with Crippen molar-refractivity contribution in [1.82, 2.24) is 14.8 Å². The zero-order valence-electron chi connectivity index (χ0n) is 13.8. The number of ether oxygens (including phenoxy) is 1. The van der Waals surface area contributed by atoms with Gasteiger partial charge in [0.25, 0.3) is 0 Å². The molecule has 5 heteroatoms. The summed E-state index contributed by atoms with van der Waals surface area (Å²) in [6.07, 6.45) is 9.27. The second kappa shape index (κ2) is 7.49. The van der Waals surface area contributed by atoms with E-state index in [-0.39, 0.29) is 5.69 Å². The molecule has 2 aromatic rings. The number of aromatic nitrogens is 3. The first-order chi connectivity index (χ1) is 11.3. The summed E-state index contributed by atoms with van der Waals surface area (Å²) in [7, 11) is 0. The molecule has 5 nitrogen and oxygen atoms in total. The van der Waals surface area contributed by atoms with Crippen LogP contribution in [-0.2, 0) is 12.8 Å². The van der Waals surface area contributed by atoms with Gasteiger partial charge in [-0.05, 0) is 36.6 Å². The van der Waals surface area contributed by atoms with Crippen molar-refractivity contribution < 1.29 is 4.74 Å². The van der Waals surface area contributed by atoms with E-state index in [0.29, 0.717) is 0 Å². The summed E-state index contributed by atoms with van der Waals surface area (Å²) in [6.45, 7) is 3.00. The molecule has 1 aliphatic rings. The number of aryl methyl sites for hydroxylation is 2. The first kappa shape index (κ1) is 15.8. The van der Waals surface area contributed by atoms with E-state index in [4.69, 9.17) is 4.74 Å². The number of aromatic amines is 1. The number of nitrogens with one attached hydrogen (secondary N) is 1. The van der Waals surface area contributed by atoms with Crippen molar-refractivity contribution in [3.8, 4) is 11.4 Å². The monoisotopic (exact) mass is 315 g/mol. The van der Waals surface area contributed by atoms with Crippen LogP contribution in [-0.4, -0.2) is 21.4 Å². The minimum Gasteiger partial charge on any atom is -0.494 e. The summed E-state index contributed by atoms with van der Waals surface area (Å²) in [5, 5.41) is 6.59. The summed E-state index contributed by atoms with van der Waals surface area (Å²) in [6, 6.07) is 5.98. The Hall–Kier alpha value is -2.04. The third kappa shape index (κ3) is 3.66. The molecule has 0 saturated heterocycles. The second-order valence-electron chi connectivity index (χ2n) is 6.19. The quantitative estimate of drug-likeness (QED) is 0.760. The van der Waals surface area contributed by atoms with Crippen LogP contribution in [0.25, 0.3) is 5.69 Å². The third-order valence-electron chi connectivity index (χ3n) is 4.42. The SMILES string of the molecule is CCCCCCCCOc1ccc2c(c1)CCc1n[nH]c(=O)n1-2. The van der Waals surface area contributed by atoms with E-state index in [1.54, 1.807) is 4.57 Å². The highest BCUT2D eigenvalue weighted by Gasteiger charge is 2.19. The average molecular weight is 315 g/mol. The number of hydrogen-bond donors (Lipinski definition) is 1. The maximum absolute atomic E-state index is 11.8. The Bertz CT molecular complexity index is 703. The van der Waals surface area contributed by atoms with Crippen molar-refractivity contribution in [2.45, 2.75) is 58.3 Å². The number of hydrogen-bond acceptors (Lipinski definition) is 3. The predicted octanol–water partition coefficient (Wildman–Crippen LogP) is 3.40. The Morgan fingerprint density at radius 3 is 2.87 bits per heavy atom. The van der Waals surface area contributed by atoms with E-state index >= 15 is 0 Å². The fraction of sp³-hybridized carbons (Fsp3) is 0.556. The van der Waals surface area contributed by atoms with E-state index in [1.807, 2.05) is 12.1 Å². The Labute approximate surface area is 136 Å². The summed E-state index contributed by atoms with van der Waals surface area (Å²) in [5.74, 6) is 1.71. The molecule has 1 N–H and O–H groups in total. The van der Waals surface area contributed by atoms with Gasteiger partial charge in [0.1, 0.15) is 11.6 Å². The molecule has 0 bridgehead atoms. The molecule has 0 aliphatic carbocycles. The highest BCUT2D eigenvalue weighted by molar-refractivity contribution is 5.48. The molecule has 0 unspecified atom stereocenters. The molecule has 0 spiro atoms. The maximum atomic E-state index is 11.8. The molecule has 1 aromatic heterocycles. The van der Waals surface area contributed by atoms with Gasteiger partial charge in [-0.3, -0.25) is 0 Å². The zero-order valence-corrected chi connectivity index (χ0v) is 13.8. The van der Waals surface area contributed by atoms with Gasteiger partial charge in [0.05, 0.1) is 12.3 Å². The van der Waals surface area contributed by atoms with Gasteiger partial charge in [-0.2, -0.15) is 5.10 Å². The summed E-state index contributed by atoms with van der Waals surface area (Å²) < 4.78 is 7.53. The number of H-pyrrole nitrogens is 1. The molecule has 0 atom stereocenters. The van der Waals surface area contributed by atoms with E-state index < -0.39 is 0 Å². The topological polar surface area (TPSA) is 59.9 Å². The van der Waals surface area contributed by atoms with Crippen LogP contribution in [0.5, 0.6) is 5.75 Å². The fourth-order valence-electron chi connectivity index (χ4n) is 3.13. The normalized spacial score (nSPS) is 12.7. The van der Waals surface area contributed by atoms with E-state index in [1.165, 1.54) is 32.1 Å². The van der Waals surface area contributed by atoms with Gasteiger partial charge in [0, 0.05) is 6.42 Å². The minimum absolute atomic E-state index is 0.165. The van der Waals surface area contributed by atoms with E-state index in [2.05, 4.69) is 23.2 Å². The number of rotatable bonds is 8. The molecule has 1 aromatic carbocycles. The zero-order chi connectivity index (χ0) is 16.1. The maximum Gasteiger partial charge on any atom is 0.347 e. The van der Waals surface area contributed by atoms with Crippen molar-refractivity contribution in [3.63, 3.8) is 0 Å². The summed E-state index contributed by atoms with van der Waals surface area (Å²) in [4.78, 5) is 11.8. The van der Waals surface area contributed by atoms with Gasteiger partial charge >= 0.3 is 5.69 Å². The minimum atomic E-state index is -0.165. The van der Waals surface area contributed by atoms with E-state index in [9.17, 15) is 4.79 Å². The van der Waals surface area contributed by atoms with Gasteiger partial charge in [0.15, 0.2) is 0 Å². The molecule has 0 fully saturated rings. The smallest absolute Gasteiger partial charge is 0.347 e. The molecular weight excluding hydrogens is 290 g/mol. The standard InChI is InChI=1S/C18H25N3O2/c1-2-3-4-5-6-7-12-23-15-9-10-16-14(13-15)8-11-17-19-20-18(22)21(16)17/h9-10,13H,2-8,11-12H2,1H3,(H,20,22). The van der Waals surface area contributed by atoms with Crippen LogP contribution in [0.1, 0.15) is 56.8 Å². The van der Waals surface area contributed by atoms with Crippen molar-refractivity contribution >= 4 is 0 Å².